The van der Waals surface area contributed by atoms with Crippen LogP contribution in [0.4, 0.5) is 0 Å². The molecule has 0 heterocycles. The van der Waals surface area contributed by atoms with Crippen molar-refractivity contribution in [3.8, 4) is 0 Å². The number of carbonyl (C=O) groups excluding carboxylic acids is 3. The number of hydrogen-bond acceptors (Lipinski definition) is 6. The molecule has 0 spiro atoms. The average Bonchev–Trinajstić information content (AvgIpc) is 3.20. The normalized spacial score (nSPS) is 12.1. The molecule has 6 nitrogen and oxygen atoms in total. The summed E-state index contributed by atoms with van der Waals surface area (Å²) in [7, 11) is 0. The molecule has 59 heavy (non-hydrogen) atoms. The van der Waals surface area contributed by atoms with E-state index in [0.717, 1.165) is 69.6 Å². The molecular weight excluding hydrogens is 733 g/mol. The quantitative estimate of drug-likeness (QED) is 0.0345. The van der Waals surface area contributed by atoms with E-state index in [4.69, 9.17) is 14.2 Å². The van der Waals surface area contributed by atoms with Crippen LogP contribution in [0.3, 0.4) is 0 Å². The van der Waals surface area contributed by atoms with Crippen molar-refractivity contribution in [3.63, 3.8) is 0 Å². The monoisotopic (exact) mass is 835 g/mol. The average molecular weight is 835 g/mol. The van der Waals surface area contributed by atoms with Crippen LogP contribution in [0, 0.1) is 11.8 Å². The van der Waals surface area contributed by atoms with Gasteiger partial charge in [-0.1, -0.05) is 253 Å². The van der Waals surface area contributed by atoms with Gasteiger partial charge in [-0.25, -0.2) is 0 Å². The van der Waals surface area contributed by atoms with Gasteiger partial charge < -0.3 is 14.2 Å². The van der Waals surface area contributed by atoms with Crippen molar-refractivity contribution in [1.29, 1.82) is 0 Å². The van der Waals surface area contributed by atoms with Crippen molar-refractivity contribution in [1.82, 2.24) is 0 Å². The van der Waals surface area contributed by atoms with Gasteiger partial charge in [0, 0.05) is 19.3 Å². The van der Waals surface area contributed by atoms with Crippen molar-refractivity contribution < 1.29 is 28.6 Å². The summed E-state index contributed by atoms with van der Waals surface area (Å²) >= 11 is 0. The molecule has 0 radical (unpaired) electrons. The molecule has 0 aromatic rings. The molecule has 350 valence electrons. The van der Waals surface area contributed by atoms with Gasteiger partial charge in [-0.05, 0) is 31.1 Å². The summed E-state index contributed by atoms with van der Waals surface area (Å²) in [5.41, 5.74) is 0. The molecule has 6 heteroatoms. The molecule has 0 amide bonds. The third kappa shape index (κ3) is 47.3. The molecule has 0 rings (SSSR count). The van der Waals surface area contributed by atoms with Crippen molar-refractivity contribution in [3.05, 3.63) is 0 Å². The summed E-state index contributed by atoms with van der Waals surface area (Å²) in [6, 6.07) is 0. The molecule has 0 aromatic carbocycles. The maximum atomic E-state index is 12.8. The van der Waals surface area contributed by atoms with Gasteiger partial charge in [0.05, 0.1) is 0 Å². The minimum absolute atomic E-state index is 0.0640. The Bertz CT molecular complexity index is 900. The summed E-state index contributed by atoms with van der Waals surface area (Å²) in [6.45, 7) is 11.3. The summed E-state index contributed by atoms with van der Waals surface area (Å²) in [4.78, 5) is 37.9. The predicted octanol–water partition coefficient (Wildman–Crippen LogP) is 16.9. The van der Waals surface area contributed by atoms with Gasteiger partial charge in [0.15, 0.2) is 6.10 Å². The molecule has 0 saturated heterocycles. The molecule has 0 aromatic heterocycles. The first-order chi connectivity index (χ1) is 28.7. The van der Waals surface area contributed by atoms with Crippen LogP contribution in [0.2, 0.25) is 0 Å². The minimum atomic E-state index is -0.762. The highest BCUT2D eigenvalue weighted by Crippen LogP contribution is 2.17. The lowest BCUT2D eigenvalue weighted by atomic mass is 10.0. The molecule has 0 unspecified atom stereocenters. The fourth-order valence-corrected chi connectivity index (χ4v) is 7.99. The second-order valence-electron chi connectivity index (χ2n) is 19.1. The second-order valence-corrected chi connectivity index (χ2v) is 19.1. The van der Waals surface area contributed by atoms with Crippen molar-refractivity contribution >= 4 is 17.9 Å². The molecule has 0 N–H and O–H groups in total. The molecule has 0 aliphatic carbocycles. The van der Waals surface area contributed by atoms with Gasteiger partial charge in [-0.2, -0.15) is 0 Å². The Morgan fingerprint density at radius 2 is 0.559 bits per heavy atom. The Labute approximate surface area is 368 Å². The maximum absolute atomic E-state index is 12.8. The summed E-state index contributed by atoms with van der Waals surface area (Å²) < 4.78 is 16.8. The highest BCUT2D eigenvalue weighted by atomic mass is 16.6. The Balaban J connectivity index is 4.30. The van der Waals surface area contributed by atoms with Crippen LogP contribution in [-0.2, 0) is 28.6 Å². The number of rotatable bonds is 47. The zero-order valence-electron chi connectivity index (χ0n) is 40.4. The fraction of sp³-hybridized carbons (Fsp3) is 0.943. The number of esters is 3. The largest absolute Gasteiger partial charge is 0.462 e. The van der Waals surface area contributed by atoms with Crippen molar-refractivity contribution in [2.24, 2.45) is 11.8 Å². The maximum Gasteiger partial charge on any atom is 0.306 e. The third-order valence-corrected chi connectivity index (χ3v) is 12.0. The first-order valence-corrected chi connectivity index (χ1v) is 26.2. The lowest BCUT2D eigenvalue weighted by Gasteiger charge is -2.18. The standard InChI is InChI=1S/C53H102O6/c1-6-7-8-9-10-11-12-13-14-15-16-19-23-30-35-40-45-53(56)59-50(47-58-52(55)44-39-34-29-25-24-27-32-37-42-49(4)5)46-57-51(54)43-38-33-28-22-20-17-18-21-26-31-36-41-48(2)3/h48-50H,6-47H2,1-5H3/t50-/m0/s1. The lowest BCUT2D eigenvalue weighted by Crippen LogP contribution is -2.30. The van der Waals surface area contributed by atoms with Crippen molar-refractivity contribution in [2.75, 3.05) is 13.2 Å². The highest BCUT2D eigenvalue weighted by Gasteiger charge is 2.19. The van der Waals surface area contributed by atoms with E-state index in [2.05, 4.69) is 34.6 Å². The van der Waals surface area contributed by atoms with Crippen LogP contribution >= 0.6 is 0 Å². The minimum Gasteiger partial charge on any atom is -0.462 e. The summed E-state index contributed by atoms with van der Waals surface area (Å²) in [5.74, 6) is 0.774. The van der Waals surface area contributed by atoms with E-state index in [1.54, 1.807) is 0 Å². The number of carbonyl (C=O) groups is 3. The van der Waals surface area contributed by atoms with E-state index in [-0.39, 0.29) is 31.1 Å². The molecule has 1 atom stereocenters. The summed E-state index contributed by atoms with van der Waals surface area (Å²) in [6.07, 6.45) is 46.6. The van der Waals surface area contributed by atoms with Crippen LogP contribution in [0.15, 0.2) is 0 Å². The van der Waals surface area contributed by atoms with Crippen LogP contribution in [-0.4, -0.2) is 37.2 Å². The van der Waals surface area contributed by atoms with E-state index in [1.165, 1.54) is 180 Å². The van der Waals surface area contributed by atoms with E-state index in [9.17, 15) is 14.4 Å². The SMILES string of the molecule is CCCCCCCCCCCCCCCCCCC(=O)O[C@@H](COC(=O)CCCCCCCCCCCCCC(C)C)COC(=O)CCCCCCCCCCC(C)C. The molecule has 0 bridgehead atoms. The Hall–Kier alpha value is -1.59. The molecule has 0 aliphatic heterocycles. The van der Waals surface area contributed by atoms with Gasteiger partial charge in [0.2, 0.25) is 0 Å². The topological polar surface area (TPSA) is 78.9 Å². The lowest BCUT2D eigenvalue weighted by molar-refractivity contribution is -0.167. The van der Waals surface area contributed by atoms with E-state index in [1.807, 2.05) is 0 Å². The zero-order chi connectivity index (χ0) is 43.3. The number of hydrogen-bond donors (Lipinski definition) is 0. The second kappa shape index (κ2) is 45.9. The first kappa shape index (κ1) is 57.4. The van der Waals surface area contributed by atoms with Gasteiger partial charge >= 0.3 is 17.9 Å². The Morgan fingerprint density at radius 1 is 0.322 bits per heavy atom. The van der Waals surface area contributed by atoms with Gasteiger partial charge in [0.1, 0.15) is 13.2 Å². The zero-order valence-corrected chi connectivity index (χ0v) is 40.4. The molecule has 0 fully saturated rings. The summed E-state index contributed by atoms with van der Waals surface area (Å²) in [5, 5.41) is 0. The van der Waals surface area contributed by atoms with Crippen LogP contribution in [0.1, 0.15) is 291 Å². The Morgan fingerprint density at radius 3 is 0.831 bits per heavy atom. The highest BCUT2D eigenvalue weighted by molar-refractivity contribution is 5.71. The van der Waals surface area contributed by atoms with Crippen LogP contribution in [0.5, 0.6) is 0 Å². The van der Waals surface area contributed by atoms with E-state index in [0.29, 0.717) is 19.3 Å². The van der Waals surface area contributed by atoms with E-state index >= 15 is 0 Å². The van der Waals surface area contributed by atoms with Gasteiger partial charge in [0.25, 0.3) is 0 Å². The number of ether oxygens (including phenoxy) is 3. The predicted molar refractivity (Wildman–Crippen MR) is 252 cm³/mol. The van der Waals surface area contributed by atoms with E-state index < -0.39 is 6.10 Å². The third-order valence-electron chi connectivity index (χ3n) is 12.0. The fourth-order valence-electron chi connectivity index (χ4n) is 7.99. The molecule has 0 saturated carbocycles. The molecular formula is C53H102O6. The smallest absolute Gasteiger partial charge is 0.306 e. The van der Waals surface area contributed by atoms with Crippen LogP contribution < -0.4 is 0 Å². The Kier molecular flexibility index (Phi) is 44.7. The van der Waals surface area contributed by atoms with Gasteiger partial charge in [-0.15, -0.1) is 0 Å². The first-order valence-electron chi connectivity index (χ1n) is 26.2. The molecule has 0 aliphatic rings. The van der Waals surface area contributed by atoms with Crippen LogP contribution in [0.25, 0.3) is 0 Å². The number of unbranched alkanes of at least 4 members (excludes halogenated alkanes) is 32. The van der Waals surface area contributed by atoms with Crippen molar-refractivity contribution in [2.45, 2.75) is 298 Å². The van der Waals surface area contributed by atoms with Gasteiger partial charge in [-0.3, -0.25) is 14.4 Å².